The number of hydrogen-bond acceptors (Lipinski definition) is 2. The number of ether oxygens (including phenoxy) is 1. The van der Waals surface area contributed by atoms with E-state index >= 15 is 0 Å². The summed E-state index contributed by atoms with van der Waals surface area (Å²) in [6.45, 7) is 0. The van der Waals surface area contributed by atoms with E-state index in [1.807, 2.05) is 0 Å². The number of esters is 1. The number of halogens is 8. The molecule has 0 unspecified atom stereocenters. The van der Waals surface area contributed by atoms with Crippen LogP contribution in [0.4, 0.5) is 35.1 Å². The van der Waals surface area contributed by atoms with Crippen LogP contribution in [0.2, 0.25) is 0 Å². The molecule has 0 aromatic carbocycles. The lowest BCUT2D eigenvalue weighted by Gasteiger charge is -2.17. The lowest BCUT2D eigenvalue weighted by atomic mass is 10.5. The first kappa shape index (κ1) is 13.7. The molecule has 2 nitrogen and oxygen atoms in total. The summed E-state index contributed by atoms with van der Waals surface area (Å²) in [6, 6.07) is 0. The molecule has 0 bridgehead atoms. The first-order valence-electron chi connectivity index (χ1n) is 2.87. The van der Waals surface area contributed by atoms with Crippen molar-refractivity contribution in [1.82, 2.24) is 0 Å². The molecule has 0 aliphatic rings. The summed E-state index contributed by atoms with van der Waals surface area (Å²) >= 11 is 0. The fourth-order valence-corrected chi connectivity index (χ4v) is 0.296. The first-order chi connectivity index (χ1) is 6.49. The molecular weight excluding hydrogens is 244 g/mol. The van der Waals surface area contributed by atoms with Crippen molar-refractivity contribution in [3.05, 3.63) is 11.9 Å². The van der Waals surface area contributed by atoms with Crippen LogP contribution in [0.1, 0.15) is 0 Å². The average Bonchev–Trinajstić information content (AvgIpc) is 1.99. The zero-order valence-electron chi connectivity index (χ0n) is 6.34. The number of carbonyl (C=O) groups excluding carboxylic acids is 1. The van der Waals surface area contributed by atoms with Crippen molar-refractivity contribution < 1.29 is 44.7 Å². The Kier molecular flexibility index (Phi) is 3.66. The van der Waals surface area contributed by atoms with Crippen LogP contribution >= 0.6 is 0 Å². The molecule has 0 amide bonds. The highest BCUT2D eigenvalue weighted by molar-refractivity contribution is 5.86. The third kappa shape index (κ3) is 3.36. The maximum atomic E-state index is 11.8. The molecule has 0 aromatic rings. The van der Waals surface area contributed by atoms with Crippen molar-refractivity contribution in [2.45, 2.75) is 12.3 Å². The molecule has 0 fully saturated rings. The lowest BCUT2D eigenvalue weighted by molar-refractivity contribution is -0.375. The van der Waals surface area contributed by atoms with Crippen LogP contribution in [-0.4, -0.2) is 18.3 Å². The van der Waals surface area contributed by atoms with Crippen molar-refractivity contribution in [3.8, 4) is 0 Å². The topological polar surface area (TPSA) is 26.3 Å². The minimum Gasteiger partial charge on any atom is -0.388 e. The van der Waals surface area contributed by atoms with Gasteiger partial charge in [0.15, 0.2) is 0 Å². The second-order valence-electron chi connectivity index (χ2n) is 1.98. The summed E-state index contributed by atoms with van der Waals surface area (Å²) in [7, 11) is 0. The highest BCUT2D eigenvalue weighted by Gasteiger charge is 2.62. The highest BCUT2D eigenvalue weighted by Crippen LogP contribution is 2.37. The molecule has 0 radical (unpaired) electrons. The van der Waals surface area contributed by atoms with Crippen molar-refractivity contribution in [2.75, 3.05) is 0 Å². The van der Waals surface area contributed by atoms with E-state index in [0.29, 0.717) is 0 Å². The molecule has 0 aliphatic heterocycles. The van der Waals surface area contributed by atoms with Gasteiger partial charge < -0.3 is 4.74 Å². The van der Waals surface area contributed by atoms with E-state index in [2.05, 4.69) is 4.74 Å². The summed E-state index contributed by atoms with van der Waals surface area (Å²) in [5.74, 6) is -6.21. The van der Waals surface area contributed by atoms with Crippen molar-refractivity contribution >= 4 is 5.97 Å². The molecule has 10 heteroatoms. The van der Waals surface area contributed by atoms with Crippen molar-refractivity contribution in [1.29, 1.82) is 0 Å². The van der Waals surface area contributed by atoms with Gasteiger partial charge in [-0.2, -0.15) is 35.1 Å². The van der Waals surface area contributed by atoms with Gasteiger partial charge in [0.2, 0.25) is 0 Å². The van der Waals surface area contributed by atoms with Crippen molar-refractivity contribution in [2.24, 2.45) is 0 Å². The molecule has 15 heavy (non-hydrogen) atoms. The predicted molar refractivity (Wildman–Crippen MR) is 27.4 cm³/mol. The van der Waals surface area contributed by atoms with Crippen LogP contribution in [0.3, 0.4) is 0 Å². The molecule has 88 valence electrons. The van der Waals surface area contributed by atoms with E-state index < -0.39 is 30.2 Å². The third-order valence-corrected chi connectivity index (χ3v) is 0.896. The van der Waals surface area contributed by atoms with Crippen LogP contribution in [-0.2, 0) is 9.53 Å². The molecule has 0 rings (SSSR count). The molecule has 0 atom stereocenters. The summed E-state index contributed by atoms with van der Waals surface area (Å²) in [4.78, 5) is 9.93. The van der Waals surface area contributed by atoms with Gasteiger partial charge in [0, 0.05) is 0 Å². The number of carbonyl (C=O) groups is 1. The van der Waals surface area contributed by atoms with E-state index in [4.69, 9.17) is 0 Å². The van der Waals surface area contributed by atoms with Crippen molar-refractivity contribution in [3.63, 3.8) is 0 Å². The second kappa shape index (κ2) is 4.03. The van der Waals surface area contributed by atoms with E-state index in [9.17, 15) is 39.9 Å². The molecule has 0 saturated heterocycles. The molecule has 0 N–H and O–H groups in total. The molecule has 0 aliphatic carbocycles. The van der Waals surface area contributed by atoms with Crippen LogP contribution in [0.25, 0.3) is 0 Å². The smallest absolute Gasteiger partial charge is 0.388 e. The minimum atomic E-state index is -6.31. The Morgan fingerprint density at radius 1 is 0.933 bits per heavy atom. The van der Waals surface area contributed by atoms with Gasteiger partial charge in [0.25, 0.3) is 5.83 Å². The summed E-state index contributed by atoms with van der Waals surface area (Å²) in [5, 5.41) is 0. The monoisotopic (exact) mass is 244 g/mol. The molecule has 0 saturated carbocycles. The maximum Gasteiger partial charge on any atom is 0.501 e. The quantitative estimate of drug-likeness (QED) is 0.424. The number of hydrogen-bond donors (Lipinski definition) is 0. The maximum absolute atomic E-state index is 11.8. The Bertz CT molecular complexity index is 286. The standard InChI is InChI=1S/C5F8O2/c6-1(2(7)8)3(14)15-5(12,13)4(9,10)11. The number of alkyl halides is 5. The Labute approximate surface area is 76.1 Å². The molecule has 0 heterocycles. The zero-order valence-corrected chi connectivity index (χ0v) is 6.34. The van der Waals surface area contributed by atoms with E-state index in [1.165, 1.54) is 0 Å². The largest absolute Gasteiger partial charge is 0.501 e. The Balaban J connectivity index is 4.78. The van der Waals surface area contributed by atoms with E-state index in [1.54, 1.807) is 0 Å². The van der Waals surface area contributed by atoms with Gasteiger partial charge in [0.05, 0.1) is 0 Å². The van der Waals surface area contributed by atoms with Crippen LogP contribution in [0, 0.1) is 0 Å². The van der Waals surface area contributed by atoms with Gasteiger partial charge in [-0.15, -0.1) is 0 Å². The summed E-state index contributed by atoms with van der Waals surface area (Å²) in [5.41, 5.74) is 0. The van der Waals surface area contributed by atoms with Gasteiger partial charge in [-0.3, -0.25) is 0 Å². The first-order valence-corrected chi connectivity index (χ1v) is 2.87. The average molecular weight is 244 g/mol. The Morgan fingerprint density at radius 2 is 1.33 bits per heavy atom. The minimum absolute atomic E-state index is 2.22. The van der Waals surface area contributed by atoms with Gasteiger partial charge in [-0.25, -0.2) is 4.79 Å². The third-order valence-electron chi connectivity index (χ3n) is 0.896. The van der Waals surface area contributed by atoms with Crippen LogP contribution in [0.5, 0.6) is 0 Å². The van der Waals surface area contributed by atoms with Gasteiger partial charge in [-0.1, -0.05) is 0 Å². The van der Waals surface area contributed by atoms with Gasteiger partial charge in [0.1, 0.15) is 0 Å². The SMILES string of the molecule is O=C(OC(F)(F)C(F)(F)F)C(F)=C(F)F. The summed E-state index contributed by atoms with van der Waals surface area (Å²) in [6.07, 6.45) is -15.7. The van der Waals surface area contributed by atoms with Crippen LogP contribution < -0.4 is 0 Å². The second-order valence-corrected chi connectivity index (χ2v) is 1.98. The summed E-state index contributed by atoms with van der Waals surface area (Å²) < 4.78 is 94.0. The lowest BCUT2D eigenvalue weighted by Crippen LogP contribution is -2.41. The Hall–Kier alpha value is -1.35. The Morgan fingerprint density at radius 3 is 1.60 bits per heavy atom. The fraction of sp³-hybridized carbons (Fsp3) is 0.400. The molecule has 0 aromatic heterocycles. The van der Waals surface area contributed by atoms with Gasteiger partial charge in [-0.05, 0) is 0 Å². The molecular formula is C5F8O2. The van der Waals surface area contributed by atoms with E-state index in [0.717, 1.165) is 0 Å². The highest BCUT2D eigenvalue weighted by atomic mass is 19.4. The van der Waals surface area contributed by atoms with Crippen LogP contribution in [0.15, 0.2) is 11.9 Å². The van der Waals surface area contributed by atoms with Gasteiger partial charge >= 0.3 is 24.3 Å². The van der Waals surface area contributed by atoms with E-state index in [-0.39, 0.29) is 0 Å². The fourth-order valence-electron chi connectivity index (χ4n) is 0.296. The zero-order chi connectivity index (χ0) is 12.4. The predicted octanol–water partition coefficient (Wildman–Crippen LogP) is 2.76. The normalized spacial score (nSPS) is 12.3. The number of rotatable bonds is 2. The molecule has 0 spiro atoms.